The second-order valence-electron chi connectivity index (χ2n) is 7.19. The fourth-order valence-corrected chi connectivity index (χ4v) is 4.53. The fourth-order valence-electron chi connectivity index (χ4n) is 3.22. The fraction of sp³-hybridized carbons (Fsp3) is 0.409. The van der Waals surface area contributed by atoms with E-state index in [1.54, 1.807) is 21.1 Å². The number of benzene rings is 2. The SMILES string of the molecule is CCC[C@H](C)NS(=O)(=O)c1ccc(NCCc2ccc(OC)c(OC)c2)c(C(=O)O)c1. The molecule has 2 rings (SSSR count). The van der Waals surface area contributed by atoms with Crippen molar-refractivity contribution in [2.75, 3.05) is 26.1 Å². The topological polar surface area (TPSA) is 114 Å². The summed E-state index contributed by atoms with van der Waals surface area (Å²) in [4.78, 5) is 11.7. The van der Waals surface area contributed by atoms with Gasteiger partial charge in [0.15, 0.2) is 11.5 Å². The normalized spacial score (nSPS) is 12.3. The third-order valence-electron chi connectivity index (χ3n) is 4.79. The van der Waals surface area contributed by atoms with Gasteiger partial charge in [-0.05, 0) is 55.7 Å². The van der Waals surface area contributed by atoms with E-state index in [-0.39, 0.29) is 16.5 Å². The minimum absolute atomic E-state index is 0.0710. The largest absolute Gasteiger partial charge is 0.493 e. The van der Waals surface area contributed by atoms with Crippen LogP contribution in [0.5, 0.6) is 11.5 Å². The number of hydrogen-bond donors (Lipinski definition) is 3. The van der Waals surface area contributed by atoms with E-state index in [4.69, 9.17) is 9.47 Å². The highest BCUT2D eigenvalue weighted by molar-refractivity contribution is 7.89. The van der Waals surface area contributed by atoms with Gasteiger partial charge in [-0.15, -0.1) is 0 Å². The monoisotopic (exact) mass is 450 g/mol. The Balaban J connectivity index is 2.14. The van der Waals surface area contributed by atoms with Gasteiger partial charge >= 0.3 is 5.97 Å². The van der Waals surface area contributed by atoms with Crippen molar-refractivity contribution in [1.82, 2.24) is 4.72 Å². The maximum atomic E-state index is 12.6. The number of hydrogen-bond acceptors (Lipinski definition) is 6. The summed E-state index contributed by atoms with van der Waals surface area (Å²) in [5.74, 6) is 0.0453. The Labute approximate surface area is 183 Å². The Morgan fingerprint density at radius 1 is 1.10 bits per heavy atom. The number of rotatable bonds is 12. The van der Waals surface area contributed by atoms with Gasteiger partial charge in [-0.3, -0.25) is 0 Å². The number of ether oxygens (including phenoxy) is 2. The van der Waals surface area contributed by atoms with Crippen molar-refractivity contribution in [3.63, 3.8) is 0 Å². The Morgan fingerprint density at radius 3 is 2.42 bits per heavy atom. The molecule has 0 aromatic heterocycles. The number of carbonyl (C=O) groups is 1. The van der Waals surface area contributed by atoms with Crippen molar-refractivity contribution < 1.29 is 27.8 Å². The predicted molar refractivity (Wildman–Crippen MR) is 120 cm³/mol. The quantitative estimate of drug-likeness (QED) is 0.453. The minimum Gasteiger partial charge on any atom is -0.493 e. The van der Waals surface area contributed by atoms with E-state index in [2.05, 4.69) is 10.0 Å². The molecule has 0 amide bonds. The first-order valence-corrected chi connectivity index (χ1v) is 11.5. The lowest BCUT2D eigenvalue weighted by molar-refractivity contribution is 0.0697. The van der Waals surface area contributed by atoms with Crippen LogP contribution in [0.4, 0.5) is 5.69 Å². The standard InChI is InChI=1S/C22H30N2O6S/c1-5-6-15(2)24-31(27,28)17-8-9-19(18(14-17)22(25)26)23-12-11-16-7-10-20(29-3)21(13-16)30-4/h7-10,13-15,23-24H,5-6,11-12H2,1-4H3,(H,25,26)/t15-/m0/s1. The van der Waals surface area contributed by atoms with Crippen molar-refractivity contribution in [3.8, 4) is 11.5 Å². The van der Waals surface area contributed by atoms with E-state index < -0.39 is 16.0 Å². The van der Waals surface area contributed by atoms with Gasteiger partial charge in [0, 0.05) is 18.3 Å². The minimum atomic E-state index is -3.80. The predicted octanol–water partition coefficient (Wildman–Crippen LogP) is 3.52. The first-order chi connectivity index (χ1) is 14.7. The van der Waals surface area contributed by atoms with Gasteiger partial charge < -0.3 is 19.9 Å². The Bertz CT molecular complexity index is 1010. The molecule has 2 aromatic carbocycles. The van der Waals surface area contributed by atoms with E-state index in [0.29, 0.717) is 36.6 Å². The van der Waals surface area contributed by atoms with Crippen LogP contribution in [-0.4, -0.2) is 46.3 Å². The molecule has 0 saturated carbocycles. The number of carboxylic acids is 1. The smallest absolute Gasteiger partial charge is 0.337 e. The highest BCUT2D eigenvalue weighted by atomic mass is 32.2. The average molecular weight is 451 g/mol. The Kier molecular flexibility index (Phi) is 8.70. The summed E-state index contributed by atoms with van der Waals surface area (Å²) in [7, 11) is -0.671. The molecule has 0 heterocycles. The molecule has 31 heavy (non-hydrogen) atoms. The lowest BCUT2D eigenvalue weighted by Crippen LogP contribution is -2.32. The van der Waals surface area contributed by atoms with Crippen LogP contribution in [-0.2, 0) is 16.4 Å². The molecule has 0 bridgehead atoms. The summed E-state index contributed by atoms with van der Waals surface area (Å²) in [6.07, 6.45) is 2.14. The number of anilines is 1. The lowest BCUT2D eigenvalue weighted by Gasteiger charge is -2.15. The Hall–Kier alpha value is -2.78. The van der Waals surface area contributed by atoms with Crippen LogP contribution < -0.4 is 19.5 Å². The lowest BCUT2D eigenvalue weighted by atomic mass is 10.1. The Morgan fingerprint density at radius 2 is 1.81 bits per heavy atom. The van der Waals surface area contributed by atoms with Crippen LogP contribution in [0.3, 0.4) is 0 Å². The molecular formula is C22H30N2O6S. The summed E-state index contributed by atoms with van der Waals surface area (Å²) < 4.78 is 38.2. The molecule has 3 N–H and O–H groups in total. The van der Waals surface area contributed by atoms with Gasteiger partial charge in [0.25, 0.3) is 0 Å². The number of nitrogens with one attached hydrogen (secondary N) is 2. The maximum Gasteiger partial charge on any atom is 0.337 e. The molecule has 0 fully saturated rings. The molecule has 0 spiro atoms. The molecule has 0 radical (unpaired) electrons. The van der Waals surface area contributed by atoms with Gasteiger partial charge in [0.1, 0.15) is 0 Å². The first kappa shape index (κ1) is 24.5. The van der Waals surface area contributed by atoms with E-state index in [9.17, 15) is 18.3 Å². The summed E-state index contributed by atoms with van der Waals surface area (Å²) in [5, 5.41) is 12.7. The number of methoxy groups -OCH3 is 2. The molecule has 8 nitrogen and oxygen atoms in total. The van der Waals surface area contributed by atoms with Crippen LogP contribution in [0.25, 0.3) is 0 Å². The third kappa shape index (κ3) is 6.60. The van der Waals surface area contributed by atoms with Gasteiger partial charge in [-0.25, -0.2) is 17.9 Å². The molecule has 9 heteroatoms. The third-order valence-corrected chi connectivity index (χ3v) is 6.37. The number of sulfonamides is 1. The van der Waals surface area contributed by atoms with Crippen LogP contribution in [0.1, 0.15) is 42.6 Å². The molecule has 0 saturated heterocycles. The van der Waals surface area contributed by atoms with Gasteiger partial charge in [-0.2, -0.15) is 0 Å². The van der Waals surface area contributed by atoms with Crippen LogP contribution in [0.15, 0.2) is 41.3 Å². The maximum absolute atomic E-state index is 12.6. The number of carboxylic acid groups (broad SMARTS) is 1. The van der Waals surface area contributed by atoms with E-state index in [1.807, 2.05) is 25.1 Å². The highest BCUT2D eigenvalue weighted by Crippen LogP contribution is 2.28. The molecule has 1 atom stereocenters. The van der Waals surface area contributed by atoms with Crippen molar-refractivity contribution in [2.24, 2.45) is 0 Å². The average Bonchev–Trinajstić information content (AvgIpc) is 2.73. The van der Waals surface area contributed by atoms with Crippen molar-refractivity contribution >= 4 is 21.7 Å². The van der Waals surface area contributed by atoms with Gasteiger partial charge in [0.05, 0.1) is 24.7 Å². The first-order valence-electron chi connectivity index (χ1n) is 10.1. The van der Waals surface area contributed by atoms with E-state index >= 15 is 0 Å². The van der Waals surface area contributed by atoms with Crippen molar-refractivity contribution in [3.05, 3.63) is 47.5 Å². The van der Waals surface area contributed by atoms with Gasteiger partial charge in [-0.1, -0.05) is 19.4 Å². The molecule has 0 aliphatic carbocycles. The van der Waals surface area contributed by atoms with Crippen LogP contribution in [0.2, 0.25) is 0 Å². The van der Waals surface area contributed by atoms with E-state index in [1.165, 1.54) is 18.2 Å². The second-order valence-corrected chi connectivity index (χ2v) is 8.90. The molecular weight excluding hydrogens is 420 g/mol. The highest BCUT2D eigenvalue weighted by Gasteiger charge is 2.20. The van der Waals surface area contributed by atoms with Gasteiger partial charge in [0.2, 0.25) is 10.0 Å². The zero-order chi connectivity index (χ0) is 23.0. The molecule has 2 aromatic rings. The molecule has 0 aliphatic heterocycles. The second kappa shape index (κ2) is 11.0. The zero-order valence-electron chi connectivity index (χ0n) is 18.3. The van der Waals surface area contributed by atoms with E-state index in [0.717, 1.165) is 12.0 Å². The summed E-state index contributed by atoms with van der Waals surface area (Å²) >= 11 is 0. The van der Waals surface area contributed by atoms with Crippen LogP contribution >= 0.6 is 0 Å². The number of aromatic carboxylic acids is 1. The molecule has 0 aliphatic rings. The summed E-state index contributed by atoms with van der Waals surface area (Å²) in [5.41, 5.74) is 1.24. The molecule has 0 unspecified atom stereocenters. The summed E-state index contributed by atoms with van der Waals surface area (Å²) in [6.45, 7) is 4.20. The molecule has 170 valence electrons. The zero-order valence-corrected chi connectivity index (χ0v) is 19.1. The summed E-state index contributed by atoms with van der Waals surface area (Å²) in [6, 6.07) is 9.41. The van der Waals surface area contributed by atoms with Crippen LogP contribution in [0, 0.1) is 0 Å². The van der Waals surface area contributed by atoms with Crippen molar-refractivity contribution in [1.29, 1.82) is 0 Å². The van der Waals surface area contributed by atoms with Crippen molar-refractivity contribution in [2.45, 2.75) is 44.0 Å².